The lowest BCUT2D eigenvalue weighted by atomic mass is 10.1. The normalized spacial score (nSPS) is 10.1. The Hall–Kier alpha value is -0.690. The van der Waals surface area contributed by atoms with Gasteiger partial charge in [-0.15, -0.1) is 11.8 Å². The van der Waals surface area contributed by atoms with E-state index in [2.05, 4.69) is 51.1 Å². The third-order valence-electron chi connectivity index (χ3n) is 2.23. The van der Waals surface area contributed by atoms with Gasteiger partial charge >= 0.3 is 0 Å². The van der Waals surface area contributed by atoms with Gasteiger partial charge in [-0.3, -0.25) is 0 Å². The van der Waals surface area contributed by atoms with E-state index in [0.29, 0.717) is 0 Å². The first kappa shape index (κ1) is 12.4. The van der Waals surface area contributed by atoms with Crippen LogP contribution in [0.15, 0.2) is 35.9 Å². The highest BCUT2D eigenvalue weighted by Crippen LogP contribution is 2.31. The van der Waals surface area contributed by atoms with Crippen LogP contribution in [-0.2, 0) is 0 Å². The van der Waals surface area contributed by atoms with Gasteiger partial charge in [0.2, 0.25) is 0 Å². The predicted molar refractivity (Wildman–Crippen MR) is 72.1 cm³/mol. The van der Waals surface area contributed by atoms with Crippen LogP contribution in [0, 0.1) is 0 Å². The molecule has 0 bridgehead atoms. The zero-order chi connectivity index (χ0) is 11.1. The Bertz CT molecular complexity index is 307. The number of unbranched alkanes of at least 4 members (excludes halogenated alkanes) is 1. The van der Waals surface area contributed by atoms with Gasteiger partial charge in [-0.05, 0) is 31.6 Å². The average Bonchev–Trinajstić information content (AvgIpc) is 2.25. The first-order valence-corrected chi connectivity index (χ1v) is 6.60. The maximum absolute atomic E-state index is 2.24. The van der Waals surface area contributed by atoms with Crippen molar-refractivity contribution in [2.75, 3.05) is 5.75 Å². The highest BCUT2D eigenvalue weighted by atomic mass is 32.2. The quantitative estimate of drug-likeness (QED) is 0.631. The molecule has 1 rings (SSSR count). The van der Waals surface area contributed by atoms with E-state index < -0.39 is 0 Å². The third-order valence-corrected chi connectivity index (χ3v) is 3.66. The fourth-order valence-electron chi connectivity index (χ4n) is 1.42. The van der Waals surface area contributed by atoms with Crippen molar-refractivity contribution < 1.29 is 0 Å². The van der Waals surface area contributed by atoms with E-state index in [1.165, 1.54) is 34.6 Å². The second kappa shape index (κ2) is 6.73. The molecule has 0 amide bonds. The third kappa shape index (κ3) is 4.13. The summed E-state index contributed by atoms with van der Waals surface area (Å²) in [4.78, 5) is 1.45. The van der Waals surface area contributed by atoms with Crippen molar-refractivity contribution in [2.24, 2.45) is 0 Å². The van der Waals surface area contributed by atoms with Gasteiger partial charge in [0.05, 0.1) is 0 Å². The summed E-state index contributed by atoms with van der Waals surface area (Å²) >= 11 is 1.99. The molecule has 1 heteroatoms. The van der Waals surface area contributed by atoms with E-state index in [0.717, 1.165) is 0 Å². The molecule has 0 N–H and O–H groups in total. The van der Waals surface area contributed by atoms with Crippen LogP contribution < -0.4 is 0 Å². The second-order valence-electron chi connectivity index (χ2n) is 3.90. The van der Waals surface area contributed by atoms with E-state index in [9.17, 15) is 0 Å². The molecule has 0 spiro atoms. The highest BCUT2D eigenvalue weighted by molar-refractivity contribution is 8.08. The lowest BCUT2D eigenvalue weighted by Crippen LogP contribution is -1.85. The fraction of sp³-hybridized carbons (Fsp3) is 0.429. The van der Waals surface area contributed by atoms with Crippen molar-refractivity contribution in [3.8, 4) is 0 Å². The first-order valence-electron chi connectivity index (χ1n) is 5.61. The maximum atomic E-state index is 2.24. The monoisotopic (exact) mass is 220 g/mol. The van der Waals surface area contributed by atoms with Gasteiger partial charge in [-0.25, -0.2) is 0 Å². The fourth-order valence-corrected chi connectivity index (χ4v) is 2.65. The highest BCUT2D eigenvalue weighted by Gasteiger charge is 2.03. The minimum atomic E-state index is 1.23. The molecule has 0 radical (unpaired) electrons. The number of benzene rings is 1. The summed E-state index contributed by atoms with van der Waals surface area (Å²) in [5.41, 5.74) is 2.78. The Labute approximate surface area is 97.8 Å². The number of allylic oxidation sites excluding steroid dienone is 1. The van der Waals surface area contributed by atoms with Crippen molar-refractivity contribution in [1.29, 1.82) is 0 Å². The van der Waals surface area contributed by atoms with Crippen molar-refractivity contribution in [1.82, 2.24) is 0 Å². The average molecular weight is 220 g/mol. The Morgan fingerprint density at radius 3 is 2.33 bits per heavy atom. The summed E-state index contributed by atoms with van der Waals surface area (Å²) in [7, 11) is 0. The van der Waals surface area contributed by atoms with Gasteiger partial charge in [-0.1, -0.05) is 49.2 Å². The lowest BCUT2D eigenvalue weighted by Gasteiger charge is -2.09. The Balaban J connectivity index is 2.73. The number of hydrogen-bond acceptors (Lipinski definition) is 1. The molecule has 0 aliphatic heterocycles. The first-order chi connectivity index (χ1) is 7.25. The molecule has 1 aromatic carbocycles. The number of rotatable bonds is 5. The Morgan fingerprint density at radius 1 is 1.13 bits per heavy atom. The topological polar surface area (TPSA) is 0 Å². The molecule has 0 unspecified atom stereocenters. The van der Waals surface area contributed by atoms with E-state index in [1.54, 1.807) is 0 Å². The molecule has 0 fully saturated rings. The summed E-state index contributed by atoms with van der Waals surface area (Å²) in [6.45, 7) is 6.63. The Kier molecular flexibility index (Phi) is 5.56. The van der Waals surface area contributed by atoms with Crippen LogP contribution in [0.5, 0.6) is 0 Å². The summed E-state index contributed by atoms with van der Waals surface area (Å²) in [5, 5.41) is 0. The minimum Gasteiger partial charge on any atom is -0.126 e. The van der Waals surface area contributed by atoms with Crippen LogP contribution in [0.3, 0.4) is 0 Å². The van der Waals surface area contributed by atoms with Gasteiger partial charge in [0.25, 0.3) is 0 Å². The van der Waals surface area contributed by atoms with Gasteiger partial charge in [0.15, 0.2) is 0 Å². The Morgan fingerprint density at radius 2 is 1.80 bits per heavy atom. The predicted octanol–water partition coefficient (Wildman–Crippen LogP) is 4.97. The van der Waals surface area contributed by atoms with E-state index in [1.807, 2.05) is 11.8 Å². The second-order valence-corrected chi connectivity index (χ2v) is 5.00. The zero-order valence-electron chi connectivity index (χ0n) is 9.92. The van der Waals surface area contributed by atoms with Crippen LogP contribution in [0.25, 0.3) is 4.91 Å². The molecule has 0 saturated carbocycles. The molecular formula is C14H20S. The summed E-state index contributed by atoms with van der Waals surface area (Å²) in [5.74, 6) is 1.23. The summed E-state index contributed by atoms with van der Waals surface area (Å²) in [6, 6.07) is 10.7. The number of thioether (sulfide) groups is 1. The molecular weight excluding hydrogens is 200 g/mol. The molecule has 1 aromatic rings. The van der Waals surface area contributed by atoms with Crippen LogP contribution in [-0.4, -0.2) is 5.75 Å². The summed E-state index contributed by atoms with van der Waals surface area (Å²) in [6.07, 6.45) is 2.58. The molecule has 0 aliphatic carbocycles. The van der Waals surface area contributed by atoms with Gasteiger partial charge in [-0.2, -0.15) is 0 Å². The molecule has 0 atom stereocenters. The van der Waals surface area contributed by atoms with Crippen LogP contribution in [0.4, 0.5) is 0 Å². The van der Waals surface area contributed by atoms with Gasteiger partial charge < -0.3 is 0 Å². The van der Waals surface area contributed by atoms with E-state index in [4.69, 9.17) is 0 Å². The van der Waals surface area contributed by atoms with Crippen LogP contribution in [0.1, 0.15) is 39.2 Å². The van der Waals surface area contributed by atoms with Crippen LogP contribution >= 0.6 is 11.8 Å². The zero-order valence-corrected chi connectivity index (χ0v) is 10.7. The van der Waals surface area contributed by atoms with Gasteiger partial charge in [0, 0.05) is 4.91 Å². The lowest BCUT2D eigenvalue weighted by molar-refractivity contribution is 0.898. The van der Waals surface area contributed by atoms with E-state index in [-0.39, 0.29) is 0 Å². The molecule has 0 aromatic heterocycles. The molecule has 0 aliphatic rings. The van der Waals surface area contributed by atoms with Crippen molar-refractivity contribution in [3.63, 3.8) is 0 Å². The molecule has 0 saturated heterocycles. The van der Waals surface area contributed by atoms with E-state index >= 15 is 0 Å². The number of hydrogen-bond donors (Lipinski definition) is 0. The summed E-state index contributed by atoms with van der Waals surface area (Å²) < 4.78 is 0. The van der Waals surface area contributed by atoms with Crippen LogP contribution in [0.2, 0.25) is 0 Å². The standard InChI is InChI=1S/C14H20S/c1-4-5-11-15-14(12(2)3)13-9-7-6-8-10-13/h6-10H,4-5,11H2,1-3H3. The van der Waals surface area contributed by atoms with Crippen molar-refractivity contribution >= 4 is 16.7 Å². The largest absolute Gasteiger partial charge is 0.126 e. The smallest absolute Gasteiger partial charge is 0.0131 e. The molecule has 0 heterocycles. The molecule has 15 heavy (non-hydrogen) atoms. The van der Waals surface area contributed by atoms with Gasteiger partial charge in [0.1, 0.15) is 0 Å². The minimum absolute atomic E-state index is 1.23. The molecule has 0 nitrogen and oxygen atoms in total. The van der Waals surface area contributed by atoms with Crippen molar-refractivity contribution in [3.05, 3.63) is 41.5 Å². The maximum Gasteiger partial charge on any atom is 0.0131 e. The van der Waals surface area contributed by atoms with Crippen molar-refractivity contribution in [2.45, 2.75) is 33.6 Å². The molecule has 82 valence electrons. The SMILES string of the molecule is CCCCSC(=C(C)C)c1ccccc1.